The van der Waals surface area contributed by atoms with Crippen LogP contribution in [0.1, 0.15) is 17.3 Å². The molecule has 0 aliphatic carbocycles. The number of nitrogens with two attached hydrogens (primary N) is 1. The molecule has 142 valence electrons. The monoisotopic (exact) mass is 376 g/mol. The van der Waals surface area contributed by atoms with Gasteiger partial charge in [-0.3, -0.25) is 4.79 Å². The number of hydrogen-bond donors (Lipinski definition) is 2. The van der Waals surface area contributed by atoms with E-state index in [1.165, 1.54) is 6.92 Å². The zero-order valence-electron chi connectivity index (χ0n) is 15.3. The molecule has 0 bridgehead atoms. The Hall–Kier alpha value is -3.80. The van der Waals surface area contributed by atoms with Crippen molar-refractivity contribution < 1.29 is 19.1 Å². The summed E-state index contributed by atoms with van der Waals surface area (Å²) in [7, 11) is 0. The number of benzene rings is 3. The van der Waals surface area contributed by atoms with Crippen LogP contribution in [0.2, 0.25) is 0 Å². The van der Waals surface area contributed by atoms with Crippen LogP contribution < -0.4 is 15.8 Å². The predicted molar refractivity (Wildman–Crippen MR) is 107 cm³/mol. The topological polar surface area (TPSA) is 90.7 Å². The normalized spacial score (nSPS) is 11.3. The molecule has 3 aromatic rings. The number of amides is 1. The summed E-state index contributed by atoms with van der Waals surface area (Å²) in [5.74, 6) is 0.351. The summed E-state index contributed by atoms with van der Waals surface area (Å²) >= 11 is 0. The fraction of sp³-hybridized carbons (Fsp3) is 0.0909. The third kappa shape index (κ3) is 5.11. The molecule has 1 atom stereocenters. The molecule has 0 saturated heterocycles. The lowest BCUT2D eigenvalue weighted by Gasteiger charge is -2.14. The van der Waals surface area contributed by atoms with Crippen LogP contribution in [-0.4, -0.2) is 18.0 Å². The van der Waals surface area contributed by atoms with Crippen LogP contribution in [0, 0.1) is 0 Å². The van der Waals surface area contributed by atoms with Crippen LogP contribution >= 0.6 is 0 Å². The second-order valence-electron chi connectivity index (χ2n) is 6.10. The van der Waals surface area contributed by atoms with Gasteiger partial charge >= 0.3 is 5.97 Å². The number of nitrogen functional groups attached to an aromatic ring is 1. The lowest BCUT2D eigenvalue weighted by Crippen LogP contribution is -2.30. The minimum atomic E-state index is -0.953. The fourth-order valence-corrected chi connectivity index (χ4v) is 2.38. The van der Waals surface area contributed by atoms with Crippen molar-refractivity contribution in [1.82, 2.24) is 0 Å². The number of para-hydroxylation sites is 1. The van der Waals surface area contributed by atoms with Crippen LogP contribution in [0.5, 0.6) is 11.5 Å². The largest absolute Gasteiger partial charge is 0.457 e. The third-order valence-corrected chi connectivity index (χ3v) is 3.90. The van der Waals surface area contributed by atoms with Crippen LogP contribution in [0.3, 0.4) is 0 Å². The third-order valence-electron chi connectivity index (χ3n) is 3.90. The number of rotatable bonds is 6. The number of nitrogens with one attached hydrogen (secondary N) is 1. The van der Waals surface area contributed by atoms with Gasteiger partial charge in [-0.2, -0.15) is 0 Å². The minimum absolute atomic E-state index is 0.330. The molecule has 1 amide bonds. The van der Waals surface area contributed by atoms with Crippen molar-refractivity contribution in [2.24, 2.45) is 0 Å². The maximum atomic E-state index is 12.3. The first-order valence-corrected chi connectivity index (χ1v) is 8.71. The summed E-state index contributed by atoms with van der Waals surface area (Å²) in [6.45, 7) is 1.51. The van der Waals surface area contributed by atoms with Gasteiger partial charge in [0.25, 0.3) is 5.91 Å². The SMILES string of the molecule is C[C@H](OC(=O)c1ccc(N)cc1)C(=O)Nc1ccc(Oc2ccccc2)cc1. The molecule has 3 N–H and O–H groups in total. The van der Waals surface area contributed by atoms with E-state index in [1.807, 2.05) is 30.3 Å². The van der Waals surface area contributed by atoms with Gasteiger partial charge in [0, 0.05) is 11.4 Å². The smallest absolute Gasteiger partial charge is 0.338 e. The Kier molecular flexibility index (Phi) is 5.91. The van der Waals surface area contributed by atoms with E-state index >= 15 is 0 Å². The van der Waals surface area contributed by atoms with E-state index in [2.05, 4.69) is 5.32 Å². The number of carbonyl (C=O) groups is 2. The zero-order chi connectivity index (χ0) is 19.9. The molecule has 0 aliphatic rings. The molecule has 6 nitrogen and oxygen atoms in total. The van der Waals surface area contributed by atoms with Crippen molar-refractivity contribution in [1.29, 1.82) is 0 Å². The van der Waals surface area contributed by atoms with Gasteiger partial charge in [0.1, 0.15) is 11.5 Å². The average molecular weight is 376 g/mol. The molecule has 28 heavy (non-hydrogen) atoms. The average Bonchev–Trinajstić information content (AvgIpc) is 2.70. The molecule has 0 heterocycles. The van der Waals surface area contributed by atoms with E-state index in [1.54, 1.807) is 48.5 Å². The number of carbonyl (C=O) groups excluding carboxylic acids is 2. The minimum Gasteiger partial charge on any atom is -0.457 e. The van der Waals surface area contributed by atoms with Crippen LogP contribution in [0.15, 0.2) is 78.9 Å². The summed E-state index contributed by atoms with van der Waals surface area (Å²) < 4.78 is 10.9. The number of ether oxygens (including phenoxy) is 2. The molecule has 0 spiro atoms. The molecule has 0 radical (unpaired) electrons. The van der Waals surface area contributed by atoms with Crippen molar-refractivity contribution in [3.63, 3.8) is 0 Å². The standard InChI is InChI=1S/C22H20N2O4/c1-15(27-22(26)16-7-9-17(23)10-8-16)21(25)24-18-11-13-20(14-12-18)28-19-5-3-2-4-6-19/h2-15H,23H2,1H3,(H,24,25)/t15-/m0/s1. The highest BCUT2D eigenvalue weighted by atomic mass is 16.5. The molecule has 0 fully saturated rings. The predicted octanol–water partition coefficient (Wildman–Crippen LogP) is 4.25. The second kappa shape index (κ2) is 8.73. The Bertz CT molecular complexity index is 939. The van der Waals surface area contributed by atoms with E-state index in [0.29, 0.717) is 22.7 Å². The molecule has 6 heteroatoms. The van der Waals surface area contributed by atoms with Gasteiger partial charge in [-0.15, -0.1) is 0 Å². The molecular formula is C22H20N2O4. The van der Waals surface area contributed by atoms with E-state index < -0.39 is 18.0 Å². The van der Waals surface area contributed by atoms with Gasteiger partial charge in [-0.05, 0) is 67.6 Å². The van der Waals surface area contributed by atoms with Gasteiger partial charge in [0.15, 0.2) is 6.10 Å². The highest BCUT2D eigenvalue weighted by Gasteiger charge is 2.19. The maximum absolute atomic E-state index is 12.3. The second-order valence-corrected chi connectivity index (χ2v) is 6.10. The first-order valence-electron chi connectivity index (χ1n) is 8.71. The summed E-state index contributed by atoms with van der Waals surface area (Å²) in [4.78, 5) is 24.4. The van der Waals surface area contributed by atoms with E-state index in [4.69, 9.17) is 15.2 Å². The molecular weight excluding hydrogens is 356 g/mol. The van der Waals surface area contributed by atoms with E-state index in [9.17, 15) is 9.59 Å². The fourth-order valence-electron chi connectivity index (χ4n) is 2.38. The van der Waals surface area contributed by atoms with Crippen LogP contribution in [-0.2, 0) is 9.53 Å². The lowest BCUT2D eigenvalue weighted by atomic mass is 10.2. The van der Waals surface area contributed by atoms with Crippen LogP contribution in [0.4, 0.5) is 11.4 Å². The summed E-state index contributed by atoms with van der Waals surface area (Å²) in [5.41, 5.74) is 7.03. The summed E-state index contributed by atoms with van der Waals surface area (Å²) in [6, 6.07) is 22.6. The number of anilines is 2. The maximum Gasteiger partial charge on any atom is 0.338 e. The van der Waals surface area contributed by atoms with Crippen LogP contribution in [0.25, 0.3) is 0 Å². The first kappa shape index (κ1) is 19.0. The molecule has 3 rings (SSSR count). The molecule has 0 saturated carbocycles. The van der Waals surface area contributed by atoms with Crippen molar-refractivity contribution in [2.75, 3.05) is 11.1 Å². The number of esters is 1. The van der Waals surface area contributed by atoms with Crippen molar-refractivity contribution >= 4 is 23.3 Å². The molecule has 0 aliphatic heterocycles. The highest BCUT2D eigenvalue weighted by molar-refractivity contribution is 5.97. The van der Waals surface area contributed by atoms with Gasteiger partial charge in [0.05, 0.1) is 5.56 Å². The van der Waals surface area contributed by atoms with Crippen molar-refractivity contribution in [3.8, 4) is 11.5 Å². The lowest BCUT2D eigenvalue weighted by molar-refractivity contribution is -0.123. The van der Waals surface area contributed by atoms with Gasteiger partial charge in [-0.1, -0.05) is 18.2 Å². The molecule has 0 aromatic heterocycles. The molecule has 3 aromatic carbocycles. The Labute approximate surface area is 162 Å². The Morgan fingerprint density at radius 3 is 2.11 bits per heavy atom. The summed E-state index contributed by atoms with van der Waals surface area (Å²) in [6.07, 6.45) is -0.953. The highest BCUT2D eigenvalue weighted by Crippen LogP contribution is 2.22. The summed E-state index contributed by atoms with van der Waals surface area (Å²) in [5, 5.41) is 2.71. The van der Waals surface area contributed by atoms with Gasteiger partial charge < -0.3 is 20.5 Å². The Morgan fingerprint density at radius 1 is 0.857 bits per heavy atom. The Balaban J connectivity index is 1.54. The van der Waals surface area contributed by atoms with Crippen molar-refractivity contribution in [2.45, 2.75) is 13.0 Å². The quantitative estimate of drug-likeness (QED) is 0.496. The first-order chi connectivity index (χ1) is 13.5. The van der Waals surface area contributed by atoms with E-state index in [0.717, 1.165) is 5.75 Å². The Morgan fingerprint density at radius 2 is 1.46 bits per heavy atom. The molecule has 0 unspecified atom stereocenters. The van der Waals surface area contributed by atoms with Gasteiger partial charge in [-0.25, -0.2) is 4.79 Å². The van der Waals surface area contributed by atoms with Gasteiger partial charge in [0.2, 0.25) is 0 Å². The van der Waals surface area contributed by atoms with E-state index in [-0.39, 0.29) is 0 Å². The zero-order valence-corrected chi connectivity index (χ0v) is 15.3. The van der Waals surface area contributed by atoms with Crippen molar-refractivity contribution in [3.05, 3.63) is 84.4 Å². The number of hydrogen-bond acceptors (Lipinski definition) is 5.